The maximum absolute atomic E-state index is 11.7. The third-order valence-corrected chi connectivity index (χ3v) is 6.12. The van der Waals surface area contributed by atoms with E-state index in [0.717, 1.165) is 25.5 Å². The summed E-state index contributed by atoms with van der Waals surface area (Å²) in [5.41, 5.74) is 0.218. The van der Waals surface area contributed by atoms with Gasteiger partial charge in [0.25, 0.3) is 0 Å². The Morgan fingerprint density at radius 2 is 2.04 bits per heavy atom. The Hall–Kier alpha value is -1.10. The Bertz CT molecular complexity index is 564. The van der Waals surface area contributed by atoms with E-state index in [1.807, 2.05) is 6.92 Å². The molecule has 2 saturated carbocycles. The van der Waals surface area contributed by atoms with E-state index in [4.69, 9.17) is 4.74 Å². The molecule has 3 amide bonds. The van der Waals surface area contributed by atoms with Crippen molar-refractivity contribution in [2.45, 2.75) is 64.5 Å². The summed E-state index contributed by atoms with van der Waals surface area (Å²) in [5, 5.41) is 9.43. The lowest BCUT2D eigenvalue weighted by Crippen LogP contribution is -2.66. The number of imide groups is 1. The lowest BCUT2D eigenvalue weighted by molar-refractivity contribution is -0.145. The molecule has 2 atom stereocenters. The molecule has 2 aliphatic carbocycles. The minimum Gasteiger partial charge on any atom is -0.378 e. The first-order chi connectivity index (χ1) is 13.1. The second-order valence-corrected chi connectivity index (χ2v) is 7.64. The van der Waals surface area contributed by atoms with Crippen LogP contribution in [0.3, 0.4) is 0 Å². The van der Waals surface area contributed by atoms with Gasteiger partial charge >= 0.3 is 6.03 Å². The third-order valence-electron chi connectivity index (χ3n) is 6.12. The molecule has 0 aromatic heterocycles. The molecule has 1 saturated heterocycles. The van der Waals surface area contributed by atoms with Crippen LogP contribution in [0, 0.1) is 5.41 Å². The fourth-order valence-electron chi connectivity index (χ4n) is 4.69. The monoisotopic (exact) mass is 507 g/mol. The molecule has 0 aromatic rings. The Labute approximate surface area is 184 Å². The van der Waals surface area contributed by atoms with Crippen LogP contribution in [0.15, 0.2) is 4.99 Å². The Morgan fingerprint density at radius 3 is 2.64 bits per heavy atom. The van der Waals surface area contributed by atoms with Gasteiger partial charge in [-0.05, 0) is 33.1 Å². The molecular weight excluding hydrogens is 473 g/mol. The maximum atomic E-state index is 11.7. The molecule has 9 heteroatoms. The van der Waals surface area contributed by atoms with Crippen LogP contribution in [-0.4, -0.2) is 67.7 Å². The molecule has 0 bridgehead atoms. The molecule has 1 spiro atoms. The number of halogens is 1. The van der Waals surface area contributed by atoms with Crippen LogP contribution in [0.2, 0.25) is 0 Å². The van der Waals surface area contributed by atoms with Crippen molar-refractivity contribution >= 4 is 41.9 Å². The number of rotatable bonds is 7. The van der Waals surface area contributed by atoms with Gasteiger partial charge in [0, 0.05) is 24.6 Å². The Morgan fingerprint density at radius 1 is 1.29 bits per heavy atom. The van der Waals surface area contributed by atoms with Gasteiger partial charge in [-0.3, -0.25) is 14.7 Å². The predicted octanol–water partition coefficient (Wildman–Crippen LogP) is 1.84. The molecule has 8 nitrogen and oxygen atoms in total. The Kier molecular flexibility index (Phi) is 8.79. The van der Waals surface area contributed by atoms with Crippen molar-refractivity contribution in [1.29, 1.82) is 0 Å². The number of hydrogen-bond donors (Lipinski definition) is 3. The number of hydrogen-bond acceptors (Lipinski definition) is 4. The van der Waals surface area contributed by atoms with E-state index in [-0.39, 0.29) is 47.9 Å². The van der Waals surface area contributed by atoms with Gasteiger partial charge in [-0.15, -0.1) is 24.0 Å². The van der Waals surface area contributed by atoms with Gasteiger partial charge in [0.15, 0.2) is 5.96 Å². The first-order valence-electron chi connectivity index (χ1n) is 10.4. The Balaban J connectivity index is 0.00000280. The number of ether oxygens (including phenoxy) is 1. The molecular formula is C19H34IN5O3. The summed E-state index contributed by atoms with van der Waals surface area (Å²) in [6.45, 7) is 6.42. The van der Waals surface area contributed by atoms with Gasteiger partial charge in [-0.25, -0.2) is 4.79 Å². The molecule has 3 fully saturated rings. The molecule has 3 rings (SSSR count). The van der Waals surface area contributed by atoms with Gasteiger partial charge < -0.3 is 20.7 Å². The van der Waals surface area contributed by atoms with Crippen molar-refractivity contribution in [3.8, 4) is 0 Å². The fraction of sp³-hybridized carbons (Fsp3) is 0.842. The minimum absolute atomic E-state index is 0. The second-order valence-electron chi connectivity index (χ2n) is 7.64. The van der Waals surface area contributed by atoms with Crippen molar-refractivity contribution in [3.05, 3.63) is 0 Å². The number of guanidine groups is 1. The van der Waals surface area contributed by atoms with Crippen LogP contribution in [0.1, 0.15) is 52.4 Å². The van der Waals surface area contributed by atoms with Crippen LogP contribution in [-0.2, 0) is 9.53 Å². The van der Waals surface area contributed by atoms with E-state index in [1.165, 1.54) is 37.0 Å². The summed E-state index contributed by atoms with van der Waals surface area (Å²) in [4.78, 5) is 29.1. The van der Waals surface area contributed by atoms with E-state index >= 15 is 0 Å². The SMILES string of the molecule is CCNC(=NCCN1C(=O)CNC1=O)NC1CC(OCC)C12CCCCC2.I. The summed E-state index contributed by atoms with van der Waals surface area (Å²) in [5.74, 6) is 0.572. The number of nitrogens with one attached hydrogen (secondary N) is 3. The molecule has 0 aromatic carbocycles. The van der Waals surface area contributed by atoms with Gasteiger partial charge in [0.2, 0.25) is 5.91 Å². The summed E-state index contributed by atoms with van der Waals surface area (Å²) in [6, 6.07) is 0.0386. The molecule has 3 N–H and O–H groups in total. The number of nitrogens with zero attached hydrogens (tertiary/aromatic N) is 2. The van der Waals surface area contributed by atoms with Crippen molar-refractivity contribution in [2.24, 2.45) is 10.4 Å². The van der Waals surface area contributed by atoms with Crippen LogP contribution in [0.4, 0.5) is 4.79 Å². The third kappa shape index (κ3) is 4.90. The quantitative estimate of drug-likeness (QED) is 0.212. The number of urea groups is 1. The average molecular weight is 507 g/mol. The van der Waals surface area contributed by atoms with Gasteiger partial charge in [0.05, 0.1) is 25.7 Å². The van der Waals surface area contributed by atoms with Crippen LogP contribution < -0.4 is 16.0 Å². The highest BCUT2D eigenvalue weighted by molar-refractivity contribution is 14.0. The van der Waals surface area contributed by atoms with E-state index < -0.39 is 0 Å². The van der Waals surface area contributed by atoms with Crippen molar-refractivity contribution in [2.75, 3.05) is 32.8 Å². The number of carbonyl (C=O) groups excluding carboxylic acids is 2. The first kappa shape index (κ1) is 23.2. The van der Waals surface area contributed by atoms with Gasteiger partial charge in [-0.1, -0.05) is 19.3 Å². The summed E-state index contributed by atoms with van der Waals surface area (Å²) in [6.07, 6.45) is 7.60. The van der Waals surface area contributed by atoms with Gasteiger partial charge in [-0.2, -0.15) is 0 Å². The zero-order valence-corrected chi connectivity index (χ0v) is 19.3. The number of aliphatic imine (C=N–C) groups is 1. The van der Waals surface area contributed by atoms with Crippen LogP contribution >= 0.6 is 24.0 Å². The average Bonchev–Trinajstić information content (AvgIpc) is 3.00. The molecule has 160 valence electrons. The standard InChI is InChI=1S/C19H33N5O3.HI/c1-3-20-17(21-10-11-24-16(25)13-22-18(24)26)23-14-12-15(27-4-2)19(14)8-6-5-7-9-19;/h14-15H,3-13H2,1-2H3,(H,22,26)(H2,20,21,23);1H. The van der Waals surface area contributed by atoms with Crippen LogP contribution in [0.5, 0.6) is 0 Å². The molecule has 1 aliphatic heterocycles. The van der Waals surface area contributed by atoms with Crippen molar-refractivity contribution in [3.63, 3.8) is 0 Å². The zero-order valence-electron chi connectivity index (χ0n) is 17.0. The smallest absolute Gasteiger partial charge is 0.324 e. The molecule has 2 unspecified atom stereocenters. The highest BCUT2D eigenvalue weighted by atomic mass is 127. The minimum atomic E-state index is -0.326. The number of carbonyl (C=O) groups is 2. The van der Waals surface area contributed by atoms with E-state index in [2.05, 4.69) is 27.9 Å². The predicted molar refractivity (Wildman–Crippen MR) is 119 cm³/mol. The highest BCUT2D eigenvalue weighted by Gasteiger charge is 2.55. The summed E-state index contributed by atoms with van der Waals surface area (Å²) < 4.78 is 6.03. The lowest BCUT2D eigenvalue weighted by atomic mass is 9.55. The fourth-order valence-corrected chi connectivity index (χ4v) is 4.69. The topological polar surface area (TPSA) is 95.1 Å². The lowest BCUT2D eigenvalue weighted by Gasteiger charge is -2.58. The van der Waals surface area contributed by atoms with Crippen LogP contribution in [0.25, 0.3) is 0 Å². The largest absolute Gasteiger partial charge is 0.378 e. The van der Waals surface area contributed by atoms with E-state index in [9.17, 15) is 9.59 Å². The van der Waals surface area contributed by atoms with E-state index in [0.29, 0.717) is 25.2 Å². The number of amides is 3. The van der Waals surface area contributed by atoms with Crippen molar-refractivity contribution < 1.29 is 14.3 Å². The second kappa shape index (κ2) is 10.6. The van der Waals surface area contributed by atoms with Gasteiger partial charge in [0.1, 0.15) is 0 Å². The zero-order chi connectivity index (χ0) is 19.3. The first-order valence-corrected chi connectivity index (χ1v) is 10.4. The molecule has 0 radical (unpaired) electrons. The molecule has 1 heterocycles. The highest BCUT2D eigenvalue weighted by Crippen LogP contribution is 2.53. The summed E-state index contributed by atoms with van der Waals surface area (Å²) >= 11 is 0. The molecule has 28 heavy (non-hydrogen) atoms. The normalized spacial score (nSPS) is 26.5. The molecule has 3 aliphatic rings. The maximum Gasteiger partial charge on any atom is 0.324 e. The van der Waals surface area contributed by atoms with Crippen molar-refractivity contribution in [1.82, 2.24) is 20.9 Å². The summed E-state index contributed by atoms with van der Waals surface area (Å²) in [7, 11) is 0. The van der Waals surface area contributed by atoms with E-state index in [1.54, 1.807) is 0 Å².